The summed E-state index contributed by atoms with van der Waals surface area (Å²) in [4.78, 5) is 38.5. The number of amides is 3. The highest BCUT2D eigenvalue weighted by atomic mass is 16.6. The van der Waals surface area contributed by atoms with Crippen LogP contribution in [0.2, 0.25) is 0 Å². The summed E-state index contributed by atoms with van der Waals surface area (Å²) >= 11 is 0. The van der Waals surface area contributed by atoms with Gasteiger partial charge in [-0.05, 0) is 68.1 Å². The number of carbonyl (C=O) groups excluding carboxylic acids is 3. The zero-order valence-corrected chi connectivity index (χ0v) is 19.4. The van der Waals surface area contributed by atoms with E-state index in [1.54, 1.807) is 30.9 Å². The van der Waals surface area contributed by atoms with Crippen LogP contribution in [-0.4, -0.2) is 48.3 Å². The van der Waals surface area contributed by atoms with Gasteiger partial charge in [0.1, 0.15) is 0 Å². The Morgan fingerprint density at radius 3 is 2.39 bits per heavy atom. The van der Waals surface area contributed by atoms with Gasteiger partial charge in [0.2, 0.25) is 5.91 Å². The molecule has 8 heteroatoms. The number of aliphatic hydroxyl groups is 1. The van der Waals surface area contributed by atoms with Gasteiger partial charge in [-0.15, -0.1) is 0 Å². The molecule has 1 heterocycles. The third-order valence-electron chi connectivity index (χ3n) is 5.53. The highest BCUT2D eigenvalue weighted by Gasteiger charge is 2.33. The minimum absolute atomic E-state index is 0.0575. The fourth-order valence-electron chi connectivity index (χ4n) is 4.14. The predicted molar refractivity (Wildman–Crippen MR) is 126 cm³/mol. The number of rotatable bonds is 6. The number of anilines is 1. The van der Waals surface area contributed by atoms with Gasteiger partial charge in [0, 0.05) is 30.8 Å². The molecule has 2 aromatic carbocycles. The number of fused-ring (bicyclic) bond motifs is 1. The van der Waals surface area contributed by atoms with Gasteiger partial charge in [-0.1, -0.05) is 18.2 Å². The van der Waals surface area contributed by atoms with E-state index in [-0.39, 0.29) is 43.2 Å². The van der Waals surface area contributed by atoms with E-state index in [1.807, 2.05) is 37.3 Å². The Hall–Kier alpha value is -3.39. The SMILES string of the molecule is CC(=O)N1c2ccc(-c3ccc(C(=O)NCCO)cc3)cc2C(NC(=O)OC(C)C)CC1C. The molecule has 0 bridgehead atoms. The minimum Gasteiger partial charge on any atom is -0.447 e. The van der Waals surface area contributed by atoms with Crippen molar-refractivity contribution in [2.45, 2.75) is 52.3 Å². The maximum atomic E-state index is 12.3. The lowest BCUT2D eigenvalue weighted by atomic mass is 9.89. The summed E-state index contributed by atoms with van der Waals surface area (Å²) < 4.78 is 5.27. The molecule has 1 aliphatic rings. The quantitative estimate of drug-likeness (QED) is 0.621. The van der Waals surface area contributed by atoms with Crippen LogP contribution in [-0.2, 0) is 9.53 Å². The zero-order chi connectivity index (χ0) is 24.1. The number of ether oxygens (including phenoxy) is 1. The van der Waals surface area contributed by atoms with Crippen LogP contribution in [0.4, 0.5) is 10.5 Å². The molecule has 0 aliphatic carbocycles. The summed E-state index contributed by atoms with van der Waals surface area (Å²) in [7, 11) is 0. The van der Waals surface area contributed by atoms with Crippen LogP contribution in [0.5, 0.6) is 0 Å². The molecule has 3 rings (SSSR count). The van der Waals surface area contributed by atoms with Crippen molar-refractivity contribution in [1.82, 2.24) is 10.6 Å². The number of hydrogen-bond donors (Lipinski definition) is 3. The Morgan fingerprint density at radius 1 is 1.12 bits per heavy atom. The van der Waals surface area contributed by atoms with E-state index in [2.05, 4.69) is 10.6 Å². The molecule has 3 amide bonds. The normalized spacial score (nSPS) is 17.3. The maximum Gasteiger partial charge on any atom is 0.407 e. The number of nitrogens with zero attached hydrogens (tertiary/aromatic N) is 1. The molecule has 0 radical (unpaired) electrons. The van der Waals surface area contributed by atoms with Crippen molar-refractivity contribution >= 4 is 23.6 Å². The van der Waals surface area contributed by atoms with E-state index in [0.29, 0.717) is 12.0 Å². The van der Waals surface area contributed by atoms with Crippen molar-refractivity contribution in [3.63, 3.8) is 0 Å². The lowest BCUT2D eigenvalue weighted by Gasteiger charge is -2.39. The first-order chi connectivity index (χ1) is 15.7. The lowest BCUT2D eigenvalue weighted by molar-refractivity contribution is -0.117. The molecule has 2 unspecified atom stereocenters. The van der Waals surface area contributed by atoms with Gasteiger partial charge < -0.3 is 25.4 Å². The molecule has 3 N–H and O–H groups in total. The Kier molecular flexibility index (Phi) is 7.71. The number of alkyl carbamates (subject to hydrolysis) is 1. The molecule has 0 saturated heterocycles. The molecule has 0 fully saturated rings. The molecule has 0 spiro atoms. The van der Waals surface area contributed by atoms with Crippen molar-refractivity contribution in [1.29, 1.82) is 0 Å². The first-order valence-electron chi connectivity index (χ1n) is 11.1. The van der Waals surface area contributed by atoms with Crippen LogP contribution in [0, 0.1) is 0 Å². The van der Waals surface area contributed by atoms with Crippen LogP contribution < -0.4 is 15.5 Å². The third kappa shape index (κ3) is 5.70. The first kappa shape index (κ1) is 24.3. The minimum atomic E-state index is -0.493. The Bertz CT molecular complexity index is 1020. The summed E-state index contributed by atoms with van der Waals surface area (Å²) in [6.45, 7) is 7.16. The zero-order valence-electron chi connectivity index (χ0n) is 19.4. The van der Waals surface area contributed by atoms with Crippen LogP contribution in [0.25, 0.3) is 11.1 Å². The van der Waals surface area contributed by atoms with Crippen molar-refractivity contribution in [3.05, 3.63) is 53.6 Å². The second-order valence-electron chi connectivity index (χ2n) is 8.46. The Labute approximate surface area is 193 Å². The van der Waals surface area contributed by atoms with Gasteiger partial charge in [-0.25, -0.2) is 4.79 Å². The van der Waals surface area contributed by atoms with E-state index in [1.165, 1.54) is 6.92 Å². The number of nitrogens with one attached hydrogen (secondary N) is 2. The lowest BCUT2D eigenvalue weighted by Crippen LogP contribution is -2.45. The van der Waals surface area contributed by atoms with E-state index in [9.17, 15) is 14.4 Å². The number of benzene rings is 2. The standard InChI is InChI=1S/C25H31N3O5/c1-15(2)33-25(32)27-22-13-16(3)28(17(4)30)23-10-9-20(14-21(22)23)18-5-7-19(8-6-18)24(31)26-11-12-29/h5-10,14-16,22,29H,11-13H2,1-4H3,(H,26,31)(H,27,32). The molecular weight excluding hydrogens is 422 g/mol. The fourth-order valence-corrected chi connectivity index (χ4v) is 4.14. The second kappa shape index (κ2) is 10.5. The highest BCUT2D eigenvalue weighted by Crippen LogP contribution is 2.39. The average Bonchev–Trinajstić information content (AvgIpc) is 2.76. The molecule has 0 saturated carbocycles. The van der Waals surface area contributed by atoms with Gasteiger partial charge >= 0.3 is 6.09 Å². The second-order valence-corrected chi connectivity index (χ2v) is 8.46. The van der Waals surface area contributed by atoms with E-state index in [0.717, 1.165) is 22.4 Å². The van der Waals surface area contributed by atoms with Crippen molar-refractivity contribution < 1.29 is 24.2 Å². The van der Waals surface area contributed by atoms with E-state index >= 15 is 0 Å². The number of aliphatic hydroxyl groups excluding tert-OH is 1. The molecule has 2 atom stereocenters. The summed E-state index contributed by atoms with van der Waals surface area (Å²) in [5.74, 6) is -0.307. The fraction of sp³-hybridized carbons (Fsp3) is 0.400. The summed E-state index contributed by atoms with van der Waals surface area (Å²) in [6.07, 6.45) is -0.167. The van der Waals surface area contributed by atoms with Crippen LogP contribution >= 0.6 is 0 Å². The topological polar surface area (TPSA) is 108 Å². The molecule has 33 heavy (non-hydrogen) atoms. The third-order valence-corrected chi connectivity index (χ3v) is 5.53. The van der Waals surface area contributed by atoms with Gasteiger partial charge in [0.05, 0.1) is 18.8 Å². The van der Waals surface area contributed by atoms with Gasteiger partial charge in [-0.2, -0.15) is 0 Å². The molecule has 0 aromatic heterocycles. The first-order valence-corrected chi connectivity index (χ1v) is 11.1. The van der Waals surface area contributed by atoms with Crippen LogP contribution in [0.15, 0.2) is 42.5 Å². The smallest absolute Gasteiger partial charge is 0.407 e. The van der Waals surface area contributed by atoms with E-state index in [4.69, 9.17) is 9.84 Å². The van der Waals surface area contributed by atoms with E-state index < -0.39 is 6.09 Å². The molecular formula is C25H31N3O5. The number of carbonyl (C=O) groups is 3. The number of hydrogen-bond acceptors (Lipinski definition) is 5. The van der Waals surface area contributed by atoms with Gasteiger partial charge in [0.25, 0.3) is 5.91 Å². The highest BCUT2D eigenvalue weighted by molar-refractivity contribution is 5.95. The molecule has 176 valence electrons. The van der Waals surface area contributed by atoms with Crippen LogP contribution in [0.1, 0.15) is 56.1 Å². The van der Waals surface area contributed by atoms with Crippen molar-refractivity contribution in [2.75, 3.05) is 18.1 Å². The monoisotopic (exact) mass is 453 g/mol. The van der Waals surface area contributed by atoms with Crippen molar-refractivity contribution in [3.8, 4) is 11.1 Å². The molecule has 1 aliphatic heterocycles. The summed E-state index contributed by atoms with van der Waals surface area (Å²) in [6, 6.07) is 12.5. The van der Waals surface area contributed by atoms with Gasteiger partial charge in [0.15, 0.2) is 0 Å². The van der Waals surface area contributed by atoms with Crippen molar-refractivity contribution in [2.24, 2.45) is 0 Å². The van der Waals surface area contributed by atoms with Gasteiger partial charge in [-0.3, -0.25) is 9.59 Å². The molecule has 2 aromatic rings. The van der Waals surface area contributed by atoms with Crippen LogP contribution in [0.3, 0.4) is 0 Å². The Balaban J connectivity index is 1.93. The molecule has 8 nitrogen and oxygen atoms in total. The largest absolute Gasteiger partial charge is 0.447 e. The summed E-state index contributed by atoms with van der Waals surface area (Å²) in [5, 5.41) is 14.4. The summed E-state index contributed by atoms with van der Waals surface area (Å²) in [5.41, 5.74) is 3.90. The average molecular weight is 454 g/mol. The maximum absolute atomic E-state index is 12.3. The Morgan fingerprint density at radius 2 is 1.79 bits per heavy atom. The predicted octanol–water partition coefficient (Wildman–Crippen LogP) is 3.40.